The summed E-state index contributed by atoms with van der Waals surface area (Å²) in [5.74, 6) is 0.170. The van der Waals surface area contributed by atoms with E-state index in [1.165, 1.54) is 4.90 Å². The number of halogens is 2. The van der Waals surface area contributed by atoms with Gasteiger partial charge in [-0.25, -0.2) is 0 Å². The number of imide groups is 1. The fraction of sp³-hybridized carbons (Fsp3) is 0.286. The van der Waals surface area contributed by atoms with Crippen molar-refractivity contribution in [2.24, 2.45) is 0 Å². The highest BCUT2D eigenvalue weighted by Crippen LogP contribution is 2.35. The molecule has 8 heteroatoms. The molecule has 0 bridgehead atoms. The van der Waals surface area contributed by atoms with Crippen molar-refractivity contribution in [3.05, 3.63) is 62.0 Å². The summed E-state index contributed by atoms with van der Waals surface area (Å²) in [5, 5.41) is 8.84. The van der Waals surface area contributed by atoms with Crippen LogP contribution in [0.25, 0.3) is 0 Å². The second kappa shape index (κ2) is 9.42. The molecule has 1 aliphatic heterocycles. The van der Waals surface area contributed by atoms with Gasteiger partial charge in [0.2, 0.25) is 0 Å². The zero-order chi connectivity index (χ0) is 21.0. The number of likely N-dealkylation sites (N-methyl/N-ethyl adjacent to an activating group) is 1. The highest BCUT2D eigenvalue weighted by molar-refractivity contribution is 9.11. The SMILES string of the molecule is CN(C#N)CCc1cc(Br)c(OCCCN2C(=O)c3ccccc3C2=O)c(Br)c1. The van der Waals surface area contributed by atoms with Crippen molar-refractivity contribution >= 4 is 43.7 Å². The van der Waals surface area contributed by atoms with E-state index in [-0.39, 0.29) is 11.8 Å². The molecule has 0 radical (unpaired) electrons. The van der Waals surface area contributed by atoms with E-state index in [1.54, 1.807) is 36.2 Å². The van der Waals surface area contributed by atoms with Crippen LogP contribution in [0.1, 0.15) is 32.7 Å². The predicted molar refractivity (Wildman–Crippen MR) is 116 cm³/mol. The summed E-state index contributed by atoms with van der Waals surface area (Å²) in [4.78, 5) is 27.6. The average molecular weight is 521 g/mol. The van der Waals surface area contributed by atoms with Gasteiger partial charge in [0.25, 0.3) is 11.8 Å². The Bertz CT molecular complexity index is 929. The molecule has 0 aromatic heterocycles. The number of ether oxygens (including phenoxy) is 1. The van der Waals surface area contributed by atoms with Gasteiger partial charge >= 0.3 is 0 Å². The van der Waals surface area contributed by atoms with Gasteiger partial charge in [-0.1, -0.05) is 12.1 Å². The monoisotopic (exact) mass is 519 g/mol. The molecule has 0 atom stereocenters. The number of nitrogens with zero attached hydrogens (tertiary/aromatic N) is 3. The lowest BCUT2D eigenvalue weighted by Gasteiger charge is -2.16. The Morgan fingerprint density at radius 2 is 1.69 bits per heavy atom. The first-order chi connectivity index (χ1) is 13.9. The fourth-order valence-electron chi connectivity index (χ4n) is 3.08. The Labute approximate surface area is 186 Å². The topological polar surface area (TPSA) is 73.6 Å². The van der Waals surface area contributed by atoms with Crippen molar-refractivity contribution in [3.8, 4) is 11.9 Å². The highest BCUT2D eigenvalue weighted by Gasteiger charge is 2.34. The molecule has 0 N–H and O–H groups in total. The highest BCUT2D eigenvalue weighted by atomic mass is 79.9. The van der Waals surface area contributed by atoms with Crippen LogP contribution in [-0.4, -0.2) is 48.4 Å². The van der Waals surface area contributed by atoms with E-state index < -0.39 is 0 Å². The molecule has 2 aromatic carbocycles. The molecule has 6 nitrogen and oxygen atoms in total. The quantitative estimate of drug-likeness (QED) is 0.225. The van der Waals surface area contributed by atoms with Crippen molar-refractivity contribution in [3.63, 3.8) is 0 Å². The van der Waals surface area contributed by atoms with Gasteiger partial charge in [-0.05, 0) is 74.5 Å². The summed E-state index contributed by atoms with van der Waals surface area (Å²) in [6, 6.07) is 10.8. The third-order valence-corrected chi connectivity index (χ3v) is 5.79. The molecule has 0 aliphatic carbocycles. The standard InChI is InChI=1S/C21H19Br2N3O3/c1-25(13-24)9-7-14-11-17(22)19(18(23)12-14)29-10-4-8-26-20(27)15-5-2-3-6-16(15)21(26)28/h2-3,5-6,11-12H,4,7-10H2,1H3. The lowest BCUT2D eigenvalue weighted by molar-refractivity contribution is 0.0646. The summed E-state index contributed by atoms with van der Waals surface area (Å²) in [6.45, 7) is 1.30. The first-order valence-electron chi connectivity index (χ1n) is 9.09. The summed E-state index contributed by atoms with van der Waals surface area (Å²) in [6.07, 6.45) is 3.34. The fourth-order valence-corrected chi connectivity index (χ4v) is 4.59. The van der Waals surface area contributed by atoms with Gasteiger partial charge in [0.1, 0.15) is 5.75 Å². The molecule has 2 aromatic rings. The Morgan fingerprint density at radius 1 is 1.10 bits per heavy atom. The maximum absolute atomic E-state index is 12.4. The van der Waals surface area contributed by atoms with Crippen LogP contribution in [0.4, 0.5) is 0 Å². The van der Waals surface area contributed by atoms with Crippen molar-refractivity contribution in [1.29, 1.82) is 5.26 Å². The molecule has 1 heterocycles. The molecule has 2 amide bonds. The minimum atomic E-state index is -0.250. The first kappa shape index (κ1) is 21.3. The van der Waals surface area contributed by atoms with Crippen LogP contribution in [-0.2, 0) is 6.42 Å². The molecule has 1 aliphatic rings. The smallest absolute Gasteiger partial charge is 0.261 e. The van der Waals surface area contributed by atoms with Gasteiger partial charge in [-0.3, -0.25) is 14.5 Å². The summed E-state index contributed by atoms with van der Waals surface area (Å²) >= 11 is 7.05. The van der Waals surface area contributed by atoms with Crippen molar-refractivity contribution in [1.82, 2.24) is 9.80 Å². The van der Waals surface area contributed by atoms with E-state index >= 15 is 0 Å². The van der Waals surface area contributed by atoms with Gasteiger partial charge in [-0.15, -0.1) is 0 Å². The number of carbonyl (C=O) groups is 2. The second-order valence-electron chi connectivity index (χ2n) is 6.67. The van der Waals surface area contributed by atoms with E-state index in [2.05, 4.69) is 38.1 Å². The van der Waals surface area contributed by atoms with Crippen molar-refractivity contribution in [2.75, 3.05) is 26.7 Å². The Kier molecular flexibility index (Phi) is 6.93. The largest absolute Gasteiger partial charge is 0.491 e. The van der Waals surface area contributed by atoms with E-state index in [1.807, 2.05) is 12.1 Å². The summed E-state index contributed by atoms with van der Waals surface area (Å²) < 4.78 is 7.49. The maximum Gasteiger partial charge on any atom is 0.261 e. The van der Waals surface area contributed by atoms with Crippen LogP contribution < -0.4 is 4.74 Å². The number of rotatable bonds is 8. The molecule has 0 spiro atoms. The number of nitriles is 1. The lowest BCUT2D eigenvalue weighted by Crippen LogP contribution is -2.31. The molecule has 0 unspecified atom stereocenters. The van der Waals surface area contributed by atoms with E-state index in [4.69, 9.17) is 10.00 Å². The minimum absolute atomic E-state index is 0.250. The molecule has 150 valence electrons. The Hall–Kier alpha value is -2.37. The Balaban J connectivity index is 1.54. The maximum atomic E-state index is 12.4. The number of carbonyl (C=O) groups excluding carboxylic acids is 2. The number of hydrogen-bond donors (Lipinski definition) is 0. The van der Waals surface area contributed by atoms with Crippen molar-refractivity contribution < 1.29 is 14.3 Å². The average Bonchev–Trinajstić information content (AvgIpc) is 2.95. The van der Waals surface area contributed by atoms with Gasteiger partial charge in [0.05, 0.1) is 26.7 Å². The van der Waals surface area contributed by atoms with Gasteiger partial charge in [0, 0.05) is 20.1 Å². The molecule has 0 fully saturated rings. The van der Waals surface area contributed by atoms with Crippen LogP contribution in [0.3, 0.4) is 0 Å². The Morgan fingerprint density at radius 3 is 2.24 bits per heavy atom. The van der Waals surface area contributed by atoms with Crippen LogP contribution in [0, 0.1) is 11.5 Å². The van der Waals surface area contributed by atoms with Crippen LogP contribution in [0.5, 0.6) is 5.75 Å². The molecule has 29 heavy (non-hydrogen) atoms. The molecular formula is C21H19Br2N3O3. The third kappa shape index (κ3) is 4.80. The zero-order valence-electron chi connectivity index (χ0n) is 15.8. The van der Waals surface area contributed by atoms with Crippen LogP contribution >= 0.6 is 31.9 Å². The second-order valence-corrected chi connectivity index (χ2v) is 8.38. The summed E-state index contributed by atoms with van der Waals surface area (Å²) in [5.41, 5.74) is 1.99. The lowest BCUT2D eigenvalue weighted by atomic mass is 10.1. The molecule has 0 saturated heterocycles. The number of benzene rings is 2. The predicted octanol–water partition coefficient (Wildman–Crippen LogP) is 4.23. The number of fused-ring (bicyclic) bond motifs is 1. The number of hydrogen-bond acceptors (Lipinski definition) is 5. The molecular weight excluding hydrogens is 502 g/mol. The van der Waals surface area contributed by atoms with Crippen LogP contribution in [0.15, 0.2) is 45.3 Å². The van der Waals surface area contributed by atoms with E-state index in [9.17, 15) is 9.59 Å². The van der Waals surface area contributed by atoms with Gasteiger partial charge in [-0.2, -0.15) is 5.26 Å². The molecule has 3 rings (SSSR count). The van der Waals surface area contributed by atoms with Gasteiger partial charge in [0.15, 0.2) is 6.19 Å². The van der Waals surface area contributed by atoms with E-state index in [0.29, 0.717) is 43.0 Å². The van der Waals surface area contributed by atoms with Crippen LogP contribution in [0.2, 0.25) is 0 Å². The zero-order valence-corrected chi connectivity index (χ0v) is 19.0. The number of amides is 2. The first-order valence-corrected chi connectivity index (χ1v) is 10.7. The summed E-state index contributed by atoms with van der Waals surface area (Å²) in [7, 11) is 1.75. The van der Waals surface area contributed by atoms with E-state index in [0.717, 1.165) is 20.9 Å². The van der Waals surface area contributed by atoms with Gasteiger partial charge < -0.3 is 9.64 Å². The van der Waals surface area contributed by atoms with Crippen molar-refractivity contribution in [2.45, 2.75) is 12.8 Å². The third-order valence-electron chi connectivity index (χ3n) is 4.62. The molecule has 0 saturated carbocycles. The normalized spacial score (nSPS) is 12.7. The minimum Gasteiger partial charge on any atom is -0.491 e.